The first-order chi connectivity index (χ1) is 27.4. The van der Waals surface area contributed by atoms with Crippen LogP contribution in [0.2, 0.25) is 0 Å². The number of ether oxygens (including phenoxy) is 4. The Labute approximate surface area is 333 Å². The zero-order chi connectivity index (χ0) is 41.8. The molecule has 3 aliphatic heterocycles. The van der Waals surface area contributed by atoms with Gasteiger partial charge in [-0.15, -0.1) is 0 Å². The Kier molecular flexibility index (Phi) is 10.7. The zero-order valence-electron chi connectivity index (χ0n) is 33.2. The number of piperazine rings is 1. The van der Waals surface area contributed by atoms with Crippen LogP contribution >= 0.6 is 0 Å². The molecule has 4 aromatic rings. The number of pyridine rings is 1. The molecule has 2 fully saturated rings. The van der Waals surface area contributed by atoms with E-state index in [1.165, 1.54) is 19.1 Å². The summed E-state index contributed by atoms with van der Waals surface area (Å²) in [6.45, 7) is 8.16. The van der Waals surface area contributed by atoms with Crippen molar-refractivity contribution in [2.24, 2.45) is 0 Å². The minimum absolute atomic E-state index is 0.0477. The Morgan fingerprint density at radius 2 is 1.50 bits per heavy atom. The molecular weight excluding hydrogens is 763 g/mol. The molecule has 0 N–H and O–H groups in total. The lowest BCUT2D eigenvalue weighted by molar-refractivity contribution is -0.137. The maximum absolute atomic E-state index is 16.5. The number of hydrogen-bond acceptors (Lipinski definition) is 8. The van der Waals surface area contributed by atoms with Crippen molar-refractivity contribution in [1.29, 1.82) is 0 Å². The van der Waals surface area contributed by atoms with Gasteiger partial charge in [0.15, 0.2) is 5.82 Å². The van der Waals surface area contributed by atoms with Crippen molar-refractivity contribution in [3.63, 3.8) is 0 Å². The quantitative estimate of drug-likeness (QED) is 0.163. The molecule has 2 saturated heterocycles. The number of aromatic nitrogens is 1. The average molecular weight is 809 g/mol. The molecule has 0 radical (unpaired) electrons. The Bertz CT molecular complexity index is 2160. The number of fused-ring (bicyclic) bond motifs is 5. The maximum atomic E-state index is 16.5. The molecule has 2 bridgehead atoms. The van der Waals surface area contributed by atoms with Crippen LogP contribution in [0, 0.1) is 18.6 Å². The highest BCUT2D eigenvalue weighted by molar-refractivity contribution is 5.98. The van der Waals surface area contributed by atoms with E-state index in [9.17, 15) is 9.59 Å². The largest absolute Gasteiger partial charge is 0.497 e. The molecule has 308 valence electrons. The molecule has 4 heterocycles. The monoisotopic (exact) mass is 808 g/mol. The number of halogens is 5. The number of methoxy groups -OCH3 is 2. The smallest absolute Gasteiger partial charge is 0.417 e. The predicted molar refractivity (Wildman–Crippen MR) is 205 cm³/mol. The lowest BCUT2D eigenvalue weighted by atomic mass is 9.95. The van der Waals surface area contributed by atoms with Gasteiger partial charge < -0.3 is 28.7 Å². The lowest BCUT2D eigenvalue weighted by Gasteiger charge is -2.47. The highest BCUT2D eigenvalue weighted by Crippen LogP contribution is 2.46. The number of carbonyl (C=O) groups excluding carboxylic acids is 2. The van der Waals surface area contributed by atoms with Crippen LogP contribution in [-0.2, 0) is 24.0 Å². The van der Waals surface area contributed by atoms with E-state index in [0.717, 1.165) is 19.1 Å². The molecule has 3 aromatic carbocycles. The lowest BCUT2D eigenvalue weighted by Crippen LogP contribution is -2.65. The summed E-state index contributed by atoms with van der Waals surface area (Å²) in [5, 5.41) is 0. The van der Waals surface area contributed by atoms with Gasteiger partial charge in [0.1, 0.15) is 40.3 Å². The van der Waals surface area contributed by atoms with Crippen LogP contribution in [-0.4, -0.2) is 77.4 Å². The maximum Gasteiger partial charge on any atom is 0.417 e. The standard InChI is InChI=1S/C43H45F5N4O6/c1-23-35(43(46,47)48)30(19-34(36(23)45)50(20-25-8-13-28(55-6)14-9-25)21-26-10-15-29(56-7)16-11-26)37-32(44)18-31-39(49-37)57-24(2)38-33-17-12-27(22-51(38)40(31)53)52(33)41(54)58-42(3,4)5/h8-11,13-16,18-19,24,27,33,38H,12,17,20-22H2,1-7H3/t24-,27+,33-,38+/m0/s1. The number of rotatable bonds is 8. The summed E-state index contributed by atoms with van der Waals surface area (Å²) in [4.78, 5) is 36.6. The molecule has 2 amide bonds. The second-order valence-corrected chi connectivity index (χ2v) is 15.9. The van der Waals surface area contributed by atoms with Crippen LogP contribution in [0.5, 0.6) is 17.4 Å². The van der Waals surface area contributed by atoms with Crippen molar-refractivity contribution in [2.75, 3.05) is 25.7 Å². The summed E-state index contributed by atoms with van der Waals surface area (Å²) in [6, 6.07) is 14.1. The summed E-state index contributed by atoms with van der Waals surface area (Å²) < 4.78 is 101. The minimum Gasteiger partial charge on any atom is -0.497 e. The third-order valence-electron chi connectivity index (χ3n) is 10.9. The molecule has 4 atom stereocenters. The highest BCUT2D eigenvalue weighted by atomic mass is 19.4. The number of hydrogen-bond donors (Lipinski definition) is 0. The van der Waals surface area contributed by atoms with E-state index in [4.69, 9.17) is 18.9 Å². The van der Waals surface area contributed by atoms with Crippen molar-refractivity contribution in [3.05, 3.63) is 100 Å². The first-order valence-electron chi connectivity index (χ1n) is 19.0. The van der Waals surface area contributed by atoms with Gasteiger partial charge in [0.05, 0.1) is 43.6 Å². The van der Waals surface area contributed by atoms with Crippen LogP contribution in [0.1, 0.15) is 73.1 Å². The van der Waals surface area contributed by atoms with Crippen molar-refractivity contribution < 1.29 is 50.5 Å². The molecule has 0 aliphatic carbocycles. The number of nitrogens with zero attached hydrogens (tertiary/aromatic N) is 4. The van der Waals surface area contributed by atoms with Crippen molar-refractivity contribution in [2.45, 2.75) is 96.6 Å². The molecular formula is C43H45F5N4O6. The van der Waals surface area contributed by atoms with Crippen LogP contribution in [0.4, 0.5) is 32.4 Å². The van der Waals surface area contributed by atoms with Gasteiger partial charge in [0.2, 0.25) is 5.88 Å². The molecule has 0 unspecified atom stereocenters. The Morgan fingerprint density at radius 3 is 2.03 bits per heavy atom. The van der Waals surface area contributed by atoms with E-state index >= 15 is 22.0 Å². The molecule has 0 saturated carbocycles. The topological polar surface area (TPSA) is 93.7 Å². The van der Waals surface area contributed by atoms with E-state index in [1.807, 2.05) is 0 Å². The van der Waals surface area contributed by atoms with Gasteiger partial charge in [-0.05, 0) is 101 Å². The summed E-state index contributed by atoms with van der Waals surface area (Å²) >= 11 is 0. The summed E-state index contributed by atoms with van der Waals surface area (Å²) in [6.07, 6.45) is -5.32. The average Bonchev–Trinajstić information content (AvgIpc) is 3.43. The number of anilines is 1. The number of benzene rings is 3. The van der Waals surface area contributed by atoms with Crippen molar-refractivity contribution in [1.82, 2.24) is 14.8 Å². The number of carbonyl (C=O) groups is 2. The fraction of sp³-hybridized carbons (Fsp3) is 0.419. The second kappa shape index (κ2) is 15.3. The van der Waals surface area contributed by atoms with Gasteiger partial charge in [-0.1, -0.05) is 24.3 Å². The summed E-state index contributed by atoms with van der Waals surface area (Å²) in [5.41, 5.74) is -3.54. The van der Waals surface area contributed by atoms with Crippen LogP contribution in [0.3, 0.4) is 0 Å². The Hall–Kier alpha value is -5.60. The Morgan fingerprint density at radius 1 is 0.914 bits per heavy atom. The van der Waals surface area contributed by atoms with Gasteiger partial charge in [0, 0.05) is 25.2 Å². The van der Waals surface area contributed by atoms with Crippen molar-refractivity contribution in [3.8, 4) is 28.6 Å². The molecule has 0 spiro atoms. The SMILES string of the molecule is COc1ccc(CN(Cc2ccc(OC)cc2)c2cc(-c3nc4c(cc3F)C(=O)N3C[C@H]5CC[C@@H]([C@H]3[C@H](C)O4)N5C(=O)OC(C)(C)C)c(C(F)(F)F)c(C)c2F)cc1. The minimum atomic E-state index is -5.13. The predicted octanol–water partition coefficient (Wildman–Crippen LogP) is 8.95. The molecule has 10 nitrogen and oxygen atoms in total. The highest BCUT2D eigenvalue weighted by Gasteiger charge is 2.54. The second-order valence-electron chi connectivity index (χ2n) is 15.9. The molecule has 3 aliphatic rings. The fourth-order valence-electron chi connectivity index (χ4n) is 8.36. The number of amides is 2. The molecule has 58 heavy (non-hydrogen) atoms. The van der Waals surface area contributed by atoms with Gasteiger partial charge in [-0.25, -0.2) is 18.6 Å². The molecule has 7 rings (SSSR count). The first kappa shape index (κ1) is 40.6. The van der Waals surface area contributed by atoms with Gasteiger partial charge in [0.25, 0.3) is 5.91 Å². The van der Waals surface area contributed by atoms with E-state index in [0.29, 0.717) is 35.5 Å². The van der Waals surface area contributed by atoms with E-state index < -0.39 is 76.0 Å². The molecule has 15 heteroatoms. The third-order valence-corrected chi connectivity index (χ3v) is 10.9. The fourth-order valence-corrected chi connectivity index (χ4v) is 8.36. The van der Waals surface area contributed by atoms with Crippen molar-refractivity contribution >= 4 is 17.7 Å². The summed E-state index contributed by atoms with van der Waals surface area (Å²) in [7, 11) is 3.03. The van der Waals surface area contributed by atoms with Crippen LogP contribution in [0.15, 0.2) is 60.7 Å². The zero-order valence-corrected chi connectivity index (χ0v) is 33.2. The van der Waals surface area contributed by atoms with Gasteiger partial charge in [-0.3, -0.25) is 9.69 Å². The third kappa shape index (κ3) is 7.70. The number of alkyl halides is 3. The normalized spacial score (nSPS) is 20.2. The first-order valence-corrected chi connectivity index (χ1v) is 19.0. The van der Waals surface area contributed by atoms with E-state index in [-0.39, 0.29) is 42.8 Å². The van der Waals surface area contributed by atoms with E-state index in [1.54, 1.807) is 86.0 Å². The van der Waals surface area contributed by atoms with Gasteiger partial charge in [-0.2, -0.15) is 13.2 Å². The van der Waals surface area contributed by atoms with Crippen LogP contribution in [0.25, 0.3) is 11.3 Å². The summed E-state index contributed by atoms with van der Waals surface area (Å²) in [5.74, 6) is -2.21. The van der Waals surface area contributed by atoms with Gasteiger partial charge >= 0.3 is 12.3 Å². The Balaban J connectivity index is 1.32. The van der Waals surface area contributed by atoms with Crippen LogP contribution < -0.4 is 19.1 Å². The van der Waals surface area contributed by atoms with E-state index in [2.05, 4.69) is 4.98 Å². The molecule has 1 aromatic heterocycles.